The molecule has 16 heavy (non-hydrogen) atoms. The van der Waals surface area contributed by atoms with E-state index in [0.29, 0.717) is 6.42 Å². The van der Waals surface area contributed by atoms with Crippen molar-refractivity contribution in [2.24, 2.45) is 0 Å². The summed E-state index contributed by atoms with van der Waals surface area (Å²) in [5.41, 5.74) is 3.94. The molecule has 1 atom stereocenters. The number of hydrogen-bond acceptors (Lipinski definition) is 2. The van der Waals surface area contributed by atoms with E-state index in [1.165, 1.54) is 17.5 Å². The molecule has 3 heteroatoms. The van der Waals surface area contributed by atoms with Crippen LogP contribution in [0.25, 0.3) is 0 Å². The Labute approximate surface area is 94.7 Å². The predicted octanol–water partition coefficient (Wildman–Crippen LogP) is 1.55. The fourth-order valence-corrected chi connectivity index (χ4v) is 2.21. The molecule has 2 N–H and O–H groups in total. The zero-order chi connectivity index (χ0) is 11.5. The monoisotopic (exact) mass is 220 g/mol. The van der Waals surface area contributed by atoms with Crippen molar-refractivity contribution >= 4 is 5.97 Å². The second-order valence-corrected chi connectivity index (χ2v) is 4.35. The number of hydrogen-bond donors (Lipinski definition) is 2. The number of rotatable bonds is 4. The molecule has 0 fully saturated rings. The van der Waals surface area contributed by atoms with Gasteiger partial charge in [-0.2, -0.15) is 0 Å². The van der Waals surface area contributed by atoms with E-state index in [1.54, 1.807) is 0 Å². The molecular formula is C13H16O3. The molecule has 2 rings (SSSR count). The van der Waals surface area contributed by atoms with E-state index in [2.05, 4.69) is 12.1 Å². The highest BCUT2D eigenvalue weighted by molar-refractivity contribution is 5.71. The molecular weight excluding hydrogens is 204 g/mol. The maximum atomic E-state index is 10.5. The summed E-state index contributed by atoms with van der Waals surface area (Å²) in [6, 6.07) is 6.32. The summed E-state index contributed by atoms with van der Waals surface area (Å²) in [5.74, 6) is -1.14. The van der Waals surface area contributed by atoms with Crippen LogP contribution in [-0.2, 0) is 24.1 Å². The Hall–Kier alpha value is -1.35. The van der Waals surface area contributed by atoms with Gasteiger partial charge in [0.15, 0.2) is 6.10 Å². The molecule has 0 amide bonds. The highest BCUT2D eigenvalue weighted by Gasteiger charge is 2.14. The number of aryl methyl sites for hydroxylation is 3. The average molecular weight is 220 g/mol. The summed E-state index contributed by atoms with van der Waals surface area (Å²) in [7, 11) is 0. The predicted molar refractivity (Wildman–Crippen MR) is 60.4 cm³/mol. The van der Waals surface area contributed by atoms with Gasteiger partial charge >= 0.3 is 5.97 Å². The van der Waals surface area contributed by atoms with E-state index in [0.717, 1.165) is 18.4 Å². The number of benzene rings is 1. The molecule has 0 heterocycles. The molecule has 1 aromatic rings. The van der Waals surface area contributed by atoms with Crippen molar-refractivity contribution in [3.8, 4) is 0 Å². The van der Waals surface area contributed by atoms with Crippen LogP contribution < -0.4 is 0 Å². The Morgan fingerprint density at radius 1 is 1.31 bits per heavy atom. The van der Waals surface area contributed by atoms with E-state index in [4.69, 9.17) is 5.11 Å². The zero-order valence-electron chi connectivity index (χ0n) is 9.15. The number of aliphatic hydroxyl groups is 1. The summed E-state index contributed by atoms with van der Waals surface area (Å²) in [4.78, 5) is 10.5. The Kier molecular flexibility index (Phi) is 3.25. The van der Waals surface area contributed by atoms with Gasteiger partial charge in [0.05, 0.1) is 0 Å². The van der Waals surface area contributed by atoms with Crippen LogP contribution in [0.15, 0.2) is 18.2 Å². The van der Waals surface area contributed by atoms with Crippen LogP contribution in [0, 0.1) is 0 Å². The van der Waals surface area contributed by atoms with Crippen LogP contribution >= 0.6 is 0 Å². The van der Waals surface area contributed by atoms with Crippen LogP contribution in [0.4, 0.5) is 0 Å². The van der Waals surface area contributed by atoms with Gasteiger partial charge in [0.2, 0.25) is 0 Å². The van der Waals surface area contributed by atoms with Crippen LogP contribution in [0.5, 0.6) is 0 Å². The highest BCUT2D eigenvalue weighted by Crippen LogP contribution is 2.23. The van der Waals surface area contributed by atoms with Gasteiger partial charge in [-0.3, -0.25) is 0 Å². The van der Waals surface area contributed by atoms with Crippen LogP contribution in [0.2, 0.25) is 0 Å². The minimum absolute atomic E-state index is 0.286. The third-order valence-electron chi connectivity index (χ3n) is 3.15. The smallest absolute Gasteiger partial charge is 0.332 e. The number of carboxylic acid groups (broad SMARTS) is 1. The van der Waals surface area contributed by atoms with Gasteiger partial charge < -0.3 is 10.2 Å². The summed E-state index contributed by atoms with van der Waals surface area (Å²) in [6.45, 7) is 0. The van der Waals surface area contributed by atoms with Crippen molar-refractivity contribution in [3.63, 3.8) is 0 Å². The van der Waals surface area contributed by atoms with E-state index < -0.39 is 12.1 Å². The average Bonchev–Trinajstić information content (AvgIpc) is 2.72. The van der Waals surface area contributed by atoms with Gasteiger partial charge in [-0.1, -0.05) is 18.2 Å². The van der Waals surface area contributed by atoms with Crippen molar-refractivity contribution < 1.29 is 15.0 Å². The lowest BCUT2D eigenvalue weighted by Crippen LogP contribution is -2.19. The molecule has 1 aromatic carbocycles. The fraction of sp³-hybridized carbons (Fsp3) is 0.462. The van der Waals surface area contributed by atoms with Crippen molar-refractivity contribution in [1.82, 2.24) is 0 Å². The maximum absolute atomic E-state index is 10.5. The molecule has 0 bridgehead atoms. The van der Waals surface area contributed by atoms with E-state index in [9.17, 15) is 9.90 Å². The van der Waals surface area contributed by atoms with Gasteiger partial charge in [0, 0.05) is 0 Å². The van der Waals surface area contributed by atoms with Gasteiger partial charge in [-0.15, -0.1) is 0 Å². The molecule has 0 spiro atoms. The van der Waals surface area contributed by atoms with Crippen molar-refractivity contribution in [1.29, 1.82) is 0 Å². The number of carboxylic acids is 1. The normalized spacial score (nSPS) is 15.8. The van der Waals surface area contributed by atoms with Gasteiger partial charge in [0.25, 0.3) is 0 Å². The molecule has 1 aliphatic carbocycles. The topological polar surface area (TPSA) is 57.5 Å². The fourth-order valence-electron chi connectivity index (χ4n) is 2.21. The maximum Gasteiger partial charge on any atom is 0.332 e. The molecule has 0 saturated carbocycles. The number of aliphatic hydroxyl groups excluding tert-OH is 1. The summed E-state index contributed by atoms with van der Waals surface area (Å²) in [5, 5.41) is 17.7. The third-order valence-corrected chi connectivity index (χ3v) is 3.15. The third kappa shape index (κ3) is 2.42. The summed E-state index contributed by atoms with van der Waals surface area (Å²) in [6.07, 6.45) is 3.18. The molecule has 0 aromatic heterocycles. The minimum Gasteiger partial charge on any atom is -0.479 e. The minimum atomic E-state index is -1.24. The van der Waals surface area contributed by atoms with Crippen LogP contribution in [0.3, 0.4) is 0 Å². The second-order valence-electron chi connectivity index (χ2n) is 4.35. The highest BCUT2D eigenvalue weighted by atomic mass is 16.4. The molecule has 3 nitrogen and oxygen atoms in total. The molecule has 0 saturated heterocycles. The second kappa shape index (κ2) is 4.66. The van der Waals surface area contributed by atoms with Crippen LogP contribution in [0.1, 0.15) is 29.5 Å². The first kappa shape index (κ1) is 11.1. The number of fused-ring (bicyclic) bond motifs is 1. The summed E-state index contributed by atoms with van der Waals surface area (Å²) >= 11 is 0. The lowest BCUT2D eigenvalue weighted by atomic mass is 10.0. The zero-order valence-corrected chi connectivity index (χ0v) is 9.15. The first-order valence-corrected chi connectivity index (χ1v) is 5.68. The van der Waals surface area contributed by atoms with Crippen molar-refractivity contribution in [3.05, 3.63) is 34.9 Å². The Morgan fingerprint density at radius 3 is 2.81 bits per heavy atom. The SMILES string of the molecule is O=C(O)C(O)CCc1ccc2c(c1)CCC2. The van der Waals surface area contributed by atoms with Crippen molar-refractivity contribution in [2.45, 2.75) is 38.2 Å². The first-order chi connectivity index (χ1) is 7.66. The van der Waals surface area contributed by atoms with Crippen LogP contribution in [-0.4, -0.2) is 22.3 Å². The lowest BCUT2D eigenvalue weighted by molar-refractivity contribution is -0.146. The lowest BCUT2D eigenvalue weighted by Gasteiger charge is -2.07. The molecule has 0 radical (unpaired) electrons. The van der Waals surface area contributed by atoms with Gasteiger partial charge in [-0.25, -0.2) is 4.79 Å². The first-order valence-electron chi connectivity index (χ1n) is 5.68. The Bertz CT molecular complexity index is 398. The van der Waals surface area contributed by atoms with E-state index >= 15 is 0 Å². The van der Waals surface area contributed by atoms with Gasteiger partial charge in [0.1, 0.15) is 0 Å². The molecule has 86 valence electrons. The largest absolute Gasteiger partial charge is 0.479 e. The van der Waals surface area contributed by atoms with Crippen molar-refractivity contribution in [2.75, 3.05) is 0 Å². The molecule has 1 unspecified atom stereocenters. The standard InChI is InChI=1S/C13H16O3/c14-12(13(15)16)7-5-9-4-6-10-2-1-3-11(10)8-9/h4,6,8,12,14H,1-3,5,7H2,(H,15,16). The Morgan fingerprint density at radius 2 is 2.06 bits per heavy atom. The van der Waals surface area contributed by atoms with Gasteiger partial charge in [-0.05, 0) is 48.8 Å². The molecule has 1 aliphatic rings. The number of aliphatic carboxylic acids is 1. The summed E-state index contributed by atoms with van der Waals surface area (Å²) < 4.78 is 0. The molecule has 0 aliphatic heterocycles. The number of carbonyl (C=O) groups is 1. The van der Waals surface area contributed by atoms with E-state index in [-0.39, 0.29) is 6.42 Å². The van der Waals surface area contributed by atoms with E-state index in [1.807, 2.05) is 6.07 Å². The Balaban J connectivity index is 1.98. The quantitative estimate of drug-likeness (QED) is 0.809.